The monoisotopic (exact) mass is 168 g/mol. The minimum Gasteiger partial charge on any atom is -0.207 e. The smallest absolute Gasteiger partial charge is 0.119 e. The molecule has 0 heterocycles. The molecule has 0 saturated carbocycles. The lowest BCUT2D eigenvalue weighted by molar-refractivity contribution is 0.663. The second kappa shape index (κ2) is 6.84. The van der Waals surface area contributed by atoms with Gasteiger partial charge in [0.05, 0.1) is 0 Å². The minimum absolute atomic E-state index is 0.125. The van der Waals surface area contributed by atoms with Gasteiger partial charge in [-0.2, -0.15) is 0 Å². The van der Waals surface area contributed by atoms with Gasteiger partial charge in [0.2, 0.25) is 0 Å². The molecule has 0 aromatic heterocycles. The Morgan fingerprint density at radius 1 is 1.25 bits per heavy atom. The Morgan fingerprint density at radius 3 is 2.50 bits per heavy atom. The molecule has 1 aliphatic rings. The first-order valence-corrected chi connectivity index (χ1v) is 4.55. The largest absolute Gasteiger partial charge is 0.207 e. The first kappa shape index (κ1) is 11.2. The first-order chi connectivity index (χ1) is 5.83. The number of hydrogen-bond donors (Lipinski definition) is 0. The van der Waals surface area contributed by atoms with Crippen LogP contribution in [0, 0.1) is 0 Å². The van der Waals surface area contributed by atoms with Crippen LogP contribution in [-0.2, 0) is 0 Å². The van der Waals surface area contributed by atoms with Gasteiger partial charge in [0.25, 0.3) is 0 Å². The van der Waals surface area contributed by atoms with Gasteiger partial charge in [-0.25, -0.2) is 4.39 Å². The topological polar surface area (TPSA) is 0 Å². The summed E-state index contributed by atoms with van der Waals surface area (Å²) in [6.07, 6.45) is 8.68. The van der Waals surface area contributed by atoms with Crippen molar-refractivity contribution in [3.05, 3.63) is 35.7 Å². The second-order valence-corrected chi connectivity index (χ2v) is 2.29. The van der Waals surface area contributed by atoms with E-state index in [-0.39, 0.29) is 5.83 Å². The molecule has 0 aromatic carbocycles. The van der Waals surface area contributed by atoms with E-state index < -0.39 is 0 Å². The molecule has 0 aliphatic heterocycles. The predicted octanol–water partition coefficient (Wildman–Crippen LogP) is 4.16. The van der Waals surface area contributed by atoms with Gasteiger partial charge in [-0.15, -0.1) is 0 Å². The maximum atomic E-state index is 12.5. The summed E-state index contributed by atoms with van der Waals surface area (Å²) >= 11 is 0. The van der Waals surface area contributed by atoms with Crippen LogP contribution in [0.5, 0.6) is 0 Å². The fourth-order valence-electron chi connectivity index (χ4n) is 0.908. The molecule has 0 nitrogen and oxygen atoms in total. The molecule has 0 atom stereocenters. The normalized spacial score (nSPS) is 15.3. The Labute approximate surface area is 74.5 Å². The average molecular weight is 168 g/mol. The predicted molar refractivity (Wildman–Crippen MR) is 52.7 cm³/mol. The summed E-state index contributed by atoms with van der Waals surface area (Å²) in [6.45, 7) is 6.07. The average Bonchev–Trinajstić information content (AvgIpc) is 2.33. The molecular weight excluding hydrogens is 151 g/mol. The molecule has 0 saturated heterocycles. The molecule has 0 bridgehead atoms. The van der Waals surface area contributed by atoms with Gasteiger partial charge in [-0.1, -0.05) is 38.5 Å². The highest BCUT2D eigenvalue weighted by Gasteiger charge is 1.93. The summed E-state index contributed by atoms with van der Waals surface area (Å²) < 4.78 is 12.5. The number of rotatable bonds is 1. The van der Waals surface area contributed by atoms with E-state index in [1.54, 1.807) is 6.08 Å². The van der Waals surface area contributed by atoms with Crippen molar-refractivity contribution in [2.24, 2.45) is 0 Å². The molecule has 1 rings (SSSR count). The van der Waals surface area contributed by atoms with Gasteiger partial charge < -0.3 is 0 Å². The third kappa shape index (κ3) is 4.12. The van der Waals surface area contributed by atoms with Crippen LogP contribution in [0.3, 0.4) is 0 Å². The van der Waals surface area contributed by atoms with Crippen molar-refractivity contribution in [2.75, 3.05) is 0 Å². The lowest BCUT2D eigenvalue weighted by Crippen LogP contribution is -1.70. The zero-order chi connectivity index (χ0) is 9.40. The summed E-state index contributed by atoms with van der Waals surface area (Å²) in [5.74, 6) is -0.125. The van der Waals surface area contributed by atoms with Gasteiger partial charge in [0.15, 0.2) is 0 Å². The molecule has 1 aliphatic carbocycles. The molecule has 0 fully saturated rings. The molecule has 0 radical (unpaired) electrons. The van der Waals surface area contributed by atoms with Crippen LogP contribution in [0.25, 0.3) is 0 Å². The van der Waals surface area contributed by atoms with Crippen LogP contribution >= 0.6 is 0 Å². The van der Waals surface area contributed by atoms with Gasteiger partial charge in [0, 0.05) is 0 Å². The van der Waals surface area contributed by atoms with Gasteiger partial charge in [0.1, 0.15) is 5.83 Å². The number of allylic oxidation sites excluding steroid dienone is 6. The molecular formula is C11H17F. The summed E-state index contributed by atoms with van der Waals surface area (Å²) in [5.41, 5.74) is 1.21. The van der Waals surface area contributed by atoms with Crippen molar-refractivity contribution in [3.63, 3.8) is 0 Å². The van der Waals surface area contributed by atoms with E-state index >= 15 is 0 Å². The van der Waals surface area contributed by atoms with Gasteiger partial charge >= 0.3 is 0 Å². The molecule has 0 amide bonds. The van der Waals surface area contributed by atoms with Gasteiger partial charge in [-0.3, -0.25) is 0 Å². The highest BCUT2D eigenvalue weighted by atomic mass is 19.1. The van der Waals surface area contributed by atoms with Crippen molar-refractivity contribution in [2.45, 2.75) is 33.6 Å². The second-order valence-electron chi connectivity index (χ2n) is 2.29. The van der Waals surface area contributed by atoms with Crippen LogP contribution in [-0.4, -0.2) is 0 Å². The molecule has 0 spiro atoms. The van der Waals surface area contributed by atoms with Crippen molar-refractivity contribution in [1.29, 1.82) is 0 Å². The summed E-state index contributed by atoms with van der Waals surface area (Å²) in [7, 11) is 0. The van der Waals surface area contributed by atoms with Crippen LogP contribution in [0.4, 0.5) is 4.39 Å². The Kier molecular flexibility index (Phi) is 6.35. The zero-order valence-electron chi connectivity index (χ0n) is 8.10. The van der Waals surface area contributed by atoms with E-state index in [1.165, 1.54) is 11.6 Å². The summed E-state index contributed by atoms with van der Waals surface area (Å²) in [6, 6.07) is 0. The quantitative estimate of drug-likeness (QED) is 0.551. The minimum atomic E-state index is -0.125. The molecule has 0 unspecified atom stereocenters. The lowest BCUT2D eigenvalue weighted by atomic mass is 10.2. The van der Waals surface area contributed by atoms with E-state index in [1.807, 2.05) is 26.0 Å². The highest BCUT2D eigenvalue weighted by Crippen LogP contribution is 2.12. The van der Waals surface area contributed by atoms with E-state index in [0.29, 0.717) is 0 Å². The maximum Gasteiger partial charge on any atom is 0.119 e. The van der Waals surface area contributed by atoms with E-state index in [4.69, 9.17) is 0 Å². The molecule has 1 heteroatoms. The summed E-state index contributed by atoms with van der Waals surface area (Å²) in [5, 5.41) is 0. The third-order valence-corrected chi connectivity index (χ3v) is 1.56. The Balaban J connectivity index is 0.000000561. The maximum absolute atomic E-state index is 12.5. The Bertz CT molecular complexity index is 197. The SMILES string of the molecule is CC.CCC1=CCC=C(F)C=C1. The molecule has 0 aromatic rings. The van der Waals surface area contributed by atoms with E-state index in [0.717, 1.165) is 12.8 Å². The number of halogens is 1. The Morgan fingerprint density at radius 2 is 1.92 bits per heavy atom. The van der Waals surface area contributed by atoms with Crippen molar-refractivity contribution in [1.82, 2.24) is 0 Å². The molecule has 0 N–H and O–H groups in total. The third-order valence-electron chi connectivity index (χ3n) is 1.56. The van der Waals surface area contributed by atoms with E-state index in [2.05, 4.69) is 6.92 Å². The standard InChI is InChI=1S/C9H11F.C2H6/c1-2-8-4-3-5-9(10)7-6-8;1-2/h4-7H,2-3H2,1H3;1-2H3. The van der Waals surface area contributed by atoms with Crippen LogP contribution in [0.2, 0.25) is 0 Å². The fourth-order valence-corrected chi connectivity index (χ4v) is 0.908. The summed E-state index contributed by atoms with van der Waals surface area (Å²) in [4.78, 5) is 0. The van der Waals surface area contributed by atoms with Crippen LogP contribution in [0.1, 0.15) is 33.6 Å². The Hall–Kier alpha value is -0.850. The fraction of sp³-hybridized carbons (Fsp3) is 0.455. The van der Waals surface area contributed by atoms with E-state index in [9.17, 15) is 4.39 Å². The van der Waals surface area contributed by atoms with Crippen LogP contribution in [0.15, 0.2) is 35.7 Å². The zero-order valence-corrected chi connectivity index (χ0v) is 8.10. The highest BCUT2D eigenvalue weighted by molar-refractivity contribution is 5.28. The van der Waals surface area contributed by atoms with Gasteiger partial charge in [-0.05, 0) is 25.0 Å². The first-order valence-electron chi connectivity index (χ1n) is 4.55. The molecule has 68 valence electrons. The van der Waals surface area contributed by atoms with Crippen molar-refractivity contribution in [3.8, 4) is 0 Å². The number of hydrogen-bond acceptors (Lipinski definition) is 0. The molecule has 12 heavy (non-hydrogen) atoms. The lowest BCUT2D eigenvalue weighted by Gasteiger charge is -1.90. The van der Waals surface area contributed by atoms with Crippen LogP contribution < -0.4 is 0 Å². The van der Waals surface area contributed by atoms with Crippen molar-refractivity contribution < 1.29 is 4.39 Å². The van der Waals surface area contributed by atoms with Crippen molar-refractivity contribution >= 4 is 0 Å².